The van der Waals surface area contributed by atoms with Gasteiger partial charge in [0.15, 0.2) is 24.8 Å². The Labute approximate surface area is 154 Å². The van der Waals surface area contributed by atoms with Gasteiger partial charge < -0.3 is 0 Å². The van der Waals surface area contributed by atoms with Crippen LogP contribution in [0.1, 0.15) is 12.8 Å². The number of nitrogens with zero attached hydrogens (tertiary/aromatic N) is 2. The molecule has 4 aromatic rings. The first-order valence-corrected chi connectivity index (χ1v) is 9.39. The number of hydrogen-bond donors (Lipinski definition) is 0. The number of rotatable bonds is 0. The summed E-state index contributed by atoms with van der Waals surface area (Å²) in [6, 6.07) is 22.2. The zero-order valence-electron chi connectivity index (χ0n) is 14.8. The summed E-state index contributed by atoms with van der Waals surface area (Å²) in [4.78, 5) is 0. The number of aryl methyl sites for hydroxylation is 2. The zero-order chi connectivity index (χ0) is 17.3. The molecule has 2 aromatic carbocycles. The van der Waals surface area contributed by atoms with E-state index in [-0.39, 0.29) is 0 Å². The Morgan fingerprint density at radius 3 is 1.46 bits per heavy atom. The molecule has 0 fully saturated rings. The number of benzene rings is 2. The van der Waals surface area contributed by atoms with Gasteiger partial charge in [0.2, 0.25) is 0 Å². The maximum absolute atomic E-state index is 2.29. The van der Waals surface area contributed by atoms with Gasteiger partial charge in [-0.3, -0.25) is 0 Å². The van der Waals surface area contributed by atoms with Crippen molar-refractivity contribution >= 4 is 10.8 Å². The Balaban J connectivity index is 1.81. The van der Waals surface area contributed by atoms with Crippen LogP contribution in [0.3, 0.4) is 0 Å². The van der Waals surface area contributed by atoms with Crippen molar-refractivity contribution in [1.29, 1.82) is 0 Å². The number of pyridine rings is 2. The predicted molar refractivity (Wildman–Crippen MR) is 104 cm³/mol. The number of hydrogen-bond acceptors (Lipinski definition) is 0. The van der Waals surface area contributed by atoms with E-state index in [1.165, 1.54) is 45.9 Å². The first-order valence-electron chi connectivity index (χ1n) is 9.39. The van der Waals surface area contributed by atoms with Crippen molar-refractivity contribution in [3.63, 3.8) is 0 Å². The van der Waals surface area contributed by atoms with Gasteiger partial charge in [0, 0.05) is 37.1 Å². The van der Waals surface area contributed by atoms with Crippen LogP contribution in [-0.4, -0.2) is 0 Å². The fourth-order valence-electron chi connectivity index (χ4n) is 3.98. The molecule has 126 valence electrons. The maximum Gasteiger partial charge on any atom is 0.169 e. The van der Waals surface area contributed by atoms with Gasteiger partial charge in [0.25, 0.3) is 0 Å². The lowest BCUT2D eigenvalue weighted by Crippen LogP contribution is -2.35. The summed E-state index contributed by atoms with van der Waals surface area (Å²) in [5, 5.41) is 2.62. The van der Waals surface area contributed by atoms with Gasteiger partial charge in [-0.05, 0) is 33.0 Å². The Hall–Kier alpha value is -3.00. The molecule has 0 amide bonds. The van der Waals surface area contributed by atoms with Gasteiger partial charge in [-0.25, -0.2) is 9.13 Å². The predicted octanol–water partition coefficient (Wildman–Crippen LogP) is 4.54. The Kier molecular flexibility index (Phi) is 3.75. The van der Waals surface area contributed by atoms with Gasteiger partial charge >= 0.3 is 0 Å². The SMILES string of the molecule is c1cc2c3c(cccc3c1)-c1cc[n+](cc1)CCCC[n+]1ccc-2cc1. The minimum Gasteiger partial charge on any atom is -0.205 e. The average molecular weight is 338 g/mol. The van der Waals surface area contributed by atoms with E-state index in [2.05, 4.69) is 94.6 Å². The molecule has 6 heterocycles. The molecule has 4 bridgehead atoms. The van der Waals surface area contributed by atoms with Gasteiger partial charge in [-0.1, -0.05) is 36.4 Å². The Bertz CT molecular complexity index is 979. The minimum atomic E-state index is 1.07. The lowest BCUT2D eigenvalue weighted by atomic mass is 9.92. The van der Waals surface area contributed by atoms with Crippen LogP contribution in [0.15, 0.2) is 85.5 Å². The van der Waals surface area contributed by atoms with E-state index in [4.69, 9.17) is 0 Å². The second-order valence-corrected chi connectivity index (χ2v) is 7.07. The highest BCUT2D eigenvalue weighted by molar-refractivity contribution is 6.06. The Morgan fingerprint density at radius 1 is 0.538 bits per heavy atom. The molecule has 2 heteroatoms. The van der Waals surface area contributed by atoms with Gasteiger partial charge in [-0.2, -0.15) is 0 Å². The molecule has 8 rings (SSSR count). The lowest BCUT2D eigenvalue weighted by molar-refractivity contribution is -0.708. The van der Waals surface area contributed by atoms with Crippen LogP contribution in [0.4, 0.5) is 0 Å². The van der Waals surface area contributed by atoms with E-state index in [0.717, 1.165) is 13.1 Å². The van der Waals surface area contributed by atoms with E-state index >= 15 is 0 Å². The highest BCUT2D eigenvalue weighted by Crippen LogP contribution is 2.35. The lowest BCUT2D eigenvalue weighted by Gasteiger charge is -2.12. The Morgan fingerprint density at radius 2 is 1.00 bits per heavy atom. The van der Waals surface area contributed by atoms with Gasteiger partial charge in [-0.15, -0.1) is 0 Å². The summed E-state index contributed by atoms with van der Waals surface area (Å²) in [7, 11) is 0. The van der Waals surface area contributed by atoms with E-state index in [0.29, 0.717) is 0 Å². The third kappa shape index (κ3) is 2.68. The summed E-state index contributed by atoms with van der Waals surface area (Å²) in [5.41, 5.74) is 5.16. The van der Waals surface area contributed by atoms with Crippen LogP contribution in [-0.2, 0) is 13.1 Å². The maximum atomic E-state index is 2.29. The van der Waals surface area contributed by atoms with Crippen LogP contribution in [0, 0.1) is 0 Å². The third-order valence-electron chi connectivity index (χ3n) is 5.39. The second-order valence-electron chi connectivity index (χ2n) is 7.07. The molecule has 26 heavy (non-hydrogen) atoms. The first-order chi connectivity index (χ1) is 12.9. The standard InChI is InChI=1S/C24H22N2/c1-2-14-26-17-11-20(12-18-26)23-8-4-6-21-5-3-7-22(24(21)23)19-9-15-25(13-1)16-10-19/h3-12,15-18H,1-2,13-14H2/q+2. The fraction of sp³-hybridized carbons (Fsp3) is 0.167. The third-order valence-corrected chi connectivity index (χ3v) is 5.39. The van der Waals surface area contributed by atoms with Gasteiger partial charge in [0.1, 0.15) is 13.1 Å². The molecule has 2 aromatic heterocycles. The number of aromatic nitrogens is 2. The second kappa shape index (κ2) is 6.38. The van der Waals surface area contributed by atoms with Crippen molar-refractivity contribution in [2.75, 3.05) is 0 Å². The zero-order valence-corrected chi connectivity index (χ0v) is 14.8. The highest BCUT2D eigenvalue weighted by Gasteiger charge is 2.13. The van der Waals surface area contributed by atoms with Crippen molar-refractivity contribution in [3.8, 4) is 22.3 Å². The summed E-state index contributed by atoms with van der Waals surface area (Å²) < 4.78 is 4.59. The van der Waals surface area contributed by atoms with Crippen LogP contribution in [0.2, 0.25) is 0 Å². The van der Waals surface area contributed by atoms with E-state index in [1.807, 2.05) is 0 Å². The molecule has 0 spiro atoms. The van der Waals surface area contributed by atoms with Crippen LogP contribution < -0.4 is 9.13 Å². The summed E-state index contributed by atoms with van der Waals surface area (Å²) in [6.07, 6.45) is 11.2. The summed E-state index contributed by atoms with van der Waals surface area (Å²) >= 11 is 0. The molecule has 0 radical (unpaired) electrons. The molecule has 0 aliphatic carbocycles. The van der Waals surface area contributed by atoms with Gasteiger partial charge in [0.05, 0.1) is 0 Å². The molecule has 2 nitrogen and oxygen atoms in total. The average Bonchev–Trinajstić information content (AvgIpc) is 2.72. The molecular formula is C24H22N2+2. The van der Waals surface area contributed by atoms with Crippen molar-refractivity contribution < 1.29 is 9.13 Å². The molecule has 4 aliphatic heterocycles. The molecule has 0 N–H and O–H groups in total. The van der Waals surface area contributed by atoms with Crippen LogP contribution >= 0.6 is 0 Å². The topological polar surface area (TPSA) is 7.76 Å². The van der Waals surface area contributed by atoms with Crippen LogP contribution in [0.5, 0.6) is 0 Å². The fourth-order valence-corrected chi connectivity index (χ4v) is 3.98. The highest BCUT2D eigenvalue weighted by atomic mass is 14.9. The van der Waals surface area contributed by atoms with Crippen molar-refractivity contribution in [3.05, 3.63) is 85.5 Å². The minimum absolute atomic E-state index is 1.07. The molecule has 0 saturated heterocycles. The molecule has 0 unspecified atom stereocenters. The molecular weight excluding hydrogens is 316 g/mol. The van der Waals surface area contributed by atoms with E-state index in [1.54, 1.807) is 0 Å². The monoisotopic (exact) mass is 338 g/mol. The van der Waals surface area contributed by atoms with Crippen molar-refractivity contribution in [2.45, 2.75) is 25.9 Å². The van der Waals surface area contributed by atoms with E-state index in [9.17, 15) is 0 Å². The molecule has 0 atom stereocenters. The van der Waals surface area contributed by atoms with Crippen molar-refractivity contribution in [1.82, 2.24) is 0 Å². The largest absolute Gasteiger partial charge is 0.205 e. The quantitative estimate of drug-likeness (QED) is 0.416. The van der Waals surface area contributed by atoms with Crippen LogP contribution in [0.25, 0.3) is 33.0 Å². The molecule has 4 aliphatic rings. The first kappa shape index (κ1) is 15.3. The van der Waals surface area contributed by atoms with Crippen molar-refractivity contribution in [2.24, 2.45) is 0 Å². The summed E-state index contributed by atoms with van der Waals surface area (Å²) in [6.45, 7) is 2.14. The molecule has 0 saturated carbocycles. The normalized spacial score (nSPS) is 13.5. The van der Waals surface area contributed by atoms with E-state index < -0.39 is 0 Å². The smallest absolute Gasteiger partial charge is 0.169 e. The summed E-state index contributed by atoms with van der Waals surface area (Å²) in [5.74, 6) is 0.